The monoisotopic (exact) mass is 379 g/mol. The van der Waals surface area contributed by atoms with E-state index in [-0.39, 0.29) is 18.5 Å². The van der Waals surface area contributed by atoms with E-state index in [1.54, 1.807) is 18.2 Å². The number of fused-ring (bicyclic) bond motifs is 1. The standard InChI is InChI=1S/C20H21N5O3/c26-18(12-25-16-3-1-2-4-17(16)28-20(25)27)22-14-8-10-24(11-14)19-21-9-7-15(23-19)13-5-6-13/h1-4,7,9,13-14H,5-6,8,10-12H2,(H,22,26). The number of oxazole rings is 1. The number of hydrogen-bond donors (Lipinski definition) is 1. The number of nitrogens with zero attached hydrogens (tertiary/aromatic N) is 4. The summed E-state index contributed by atoms with van der Waals surface area (Å²) >= 11 is 0. The molecule has 3 aromatic rings. The lowest BCUT2D eigenvalue weighted by molar-refractivity contribution is -0.122. The van der Waals surface area contributed by atoms with Crippen molar-refractivity contribution >= 4 is 23.0 Å². The molecule has 1 aliphatic heterocycles. The van der Waals surface area contributed by atoms with Crippen LogP contribution in [0.3, 0.4) is 0 Å². The highest BCUT2D eigenvalue weighted by Gasteiger charge is 2.29. The molecular weight excluding hydrogens is 358 g/mol. The quantitative estimate of drug-likeness (QED) is 0.725. The van der Waals surface area contributed by atoms with Crippen LogP contribution >= 0.6 is 0 Å². The molecule has 1 saturated heterocycles. The van der Waals surface area contributed by atoms with Crippen LogP contribution in [0.15, 0.2) is 45.7 Å². The summed E-state index contributed by atoms with van der Waals surface area (Å²) in [7, 11) is 0. The molecule has 8 nitrogen and oxygen atoms in total. The highest BCUT2D eigenvalue weighted by molar-refractivity contribution is 5.79. The number of benzene rings is 1. The maximum absolute atomic E-state index is 12.5. The fourth-order valence-electron chi connectivity index (χ4n) is 3.76. The lowest BCUT2D eigenvalue weighted by Gasteiger charge is -2.17. The van der Waals surface area contributed by atoms with Crippen molar-refractivity contribution in [3.8, 4) is 0 Å². The Morgan fingerprint density at radius 2 is 2.07 bits per heavy atom. The van der Waals surface area contributed by atoms with Crippen molar-refractivity contribution in [1.82, 2.24) is 19.9 Å². The molecular formula is C20H21N5O3. The van der Waals surface area contributed by atoms with Gasteiger partial charge in [0.05, 0.1) is 5.52 Å². The summed E-state index contributed by atoms with van der Waals surface area (Å²) in [5, 5.41) is 3.02. The molecule has 1 saturated carbocycles. The lowest BCUT2D eigenvalue weighted by atomic mass is 10.2. The third-order valence-electron chi connectivity index (χ3n) is 5.37. The van der Waals surface area contributed by atoms with Gasteiger partial charge in [-0.05, 0) is 37.5 Å². The van der Waals surface area contributed by atoms with E-state index >= 15 is 0 Å². The lowest BCUT2D eigenvalue weighted by Crippen LogP contribution is -2.40. The number of carbonyl (C=O) groups excluding carboxylic acids is 1. The second-order valence-corrected chi connectivity index (χ2v) is 7.48. The van der Waals surface area contributed by atoms with Gasteiger partial charge in [0, 0.05) is 36.9 Å². The summed E-state index contributed by atoms with van der Waals surface area (Å²) in [6.07, 6.45) is 5.05. The van der Waals surface area contributed by atoms with Crippen molar-refractivity contribution in [3.63, 3.8) is 0 Å². The zero-order valence-corrected chi connectivity index (χ0v) is 15.4. The first-order valence-electron chi connectivity index (χ1n) is 9.63. The van der Waals surface area contributed by atoms with Crippen LogP contribution in [-0.2, 0) is 11.3 Å². The fourth-order valence-corrected chi connectivity index (χ4v) is 3.76. The Hall–Kier alpha value is -3.16. The van der Waals surface area contributed by atoms with E-state index in [1.807, 2.05) is 18.3 Å². The number of hydrogen-bond acceptors (Lipinski definition) is 6. The average molecular weight is 379 g/mol. The molecule has 1 unspecified atom stereocenters. The molecule has 1 atom stereocenters. The second kappa shape index (κ2) is 6.78. The normalized spacial score (nSPS) is 19.3. The highest BCUT2D eigenvalue weighted by atomic mass is 16.4. The van der Waals surface area contributed by atoms with Crippen molar-refractivity contribution in [2.45, 2.75) is 37.8 Å². The Bertz CT molecular complexity index is 1080. The first kappa shape index (κ1) is 17.0. The first-order chi connectivity index (χ1) is 13.7. The topological polar surface area (TPSA) is 93.3 Å². The Morgan fingerprint density at radius 1 is 1.21 bits per heavy atom. The van der Waals surface area contributed by atoms with Crippen molar-refractivity contribution in [1.29, 1.82) is 0 Å². The van der Waals surface area contributed by atoms with Crippen molar-refractivity contribution in [2.75, 3.05) is 18.0 Å². The summed E-state index contributed by atoms with van der Waals surface area (Å²) in [5.41, 5.74) is 2.23. The summed E-state index contributed by atoms with van der Waals surface area (Å²) in [6.45, 7) is 1.41. The van der Waals surface area contributed by atoms with Gasteiger partial charge in [-0.2, -0.15) is 0 Å². The SMILES string of the molecule is O=C(Cn1c(=O)oc2ccccc21)NC1CCN(c2nccc(C3CC3)n2)C1. The minimum absolute atomic E-state index is 0.00884. The van der Waals surface area contributed by atoms with Crippen LogP contribution in [0, 0.1) is 0 Å². The first-order valence-corrected chi connectivity index (χ1v) is 9.63. The molecule has 144 valence electrons. The van der Waals surface area contributed by atoms with Crippen LogP contribution in [0.1, 0.15) is 30.9 Å². The van der Waals surface area contributed by atoms with Crippen LogP contribution in [-0.4, -0.2) is 39.6 Å². The van der Waals surface area contributed by atoms with E-state index in [9.17, 15) is 9.59 Å². The average Bonchev–Trinajstić information content (AvgIpc) is 3.38. The fraction of sp³-hybridized carbons (Fsp3) is 0.400. The van der Waals surface area contributed by atoms with Gasteiger partial charge in [0.15, 0.2) is 5.58 Å². The van der Waals surface area contributed by atoms with Gasteiger partial charge in [-0.15, -0.1) is 0 Å². The summed E-state index contributed by atoms with van der Waals surface area (Å²) in [6, 6.07) is 9.10. The molecule has 0 bridgehead atoms. The Balaban J connectivity index is 1.23. The number of carbonyl (C=O) groups is 1. The molecule has 1 amide bonds. The number of amides is 1. The van der Waals surface area contributed by atoms with Crippen LogP contribution in [0.2, 0.25) is 0 Å². The Morgan fingerprint density at radius 3 is 2.93 bits per heavy atom. The maximum Gasteiger partial charge on any atom is 0.420 e. The molecule has 0 spiro atoms. The van der Waals surface area contributed by atoms with Crippen LogP contribution in [0.5, 0.6) is 0 Å². The van der Waals surface area contributed by atoms with Crippen LogP contribution in [0.25, 0.3) is 11.1 Å². The largest absolute Gasteiger partial charge is 0.420 e. The van der Waals surface area contributed by atoms with Gasteiger partial charge in [0.25, 0.3) is 0 Å². The zero-order valence-electron chi connectivity index (χ0n) is 15.4. The van der Waals surface area contributed by atoms with E-state index in [0.717, 1.165) is 24.6 Å². The van der Waals surface area contributed by atoms with Gasteiger partial charge in [0.1, 0.15) is 6.54 Å². The third-order valence-corrected chi connectivity index (χ3v) is 5.37. The number of para-hydroxylation sites is 2. The molecule has 3 heterocycles. The molecule has 1 aromatic carbocycles. The molecule has 8 heteroatoms. The van der Waals surface area contributed by atoms with E-state index < -0.39 is 5.76 Å². The van der Waals surface area contributed by atoms with Gasteiger partial charge in [-0.1, -0.05) is 12.1 Å². The highest BCUT2D eigenvalue weighted by Crippen LogP contribution is 2.39. The van der Waals surface area contributed by atoms with Crippen molar-refractivity contribution in [3.05, 3.63) is 52.8 Å². The van der Waals surface area contributed by atoms with Gasteiger partial charge < -0.3 is 14.6 Å². The predicted molar refractivity (Wildman–Crippen MR) is 103 cm³/mol. The molecule has 2 aliphatic rings. The molecule has 0 radical (unpaired) electrons. The van der Waals surface area contributed by atoms with Gasteiger partial charge in [-0.25, -0.2) is 14.8 Å². The molecule has 1 N–H and O–H groups in total. The molecule has 2 fully saturated rings. The summed E-state index contributed by atoms with van der Waals surface area (Å²) < 4.78 is 6.54. The van der Waals surface area contributed by atoms with Gasteiger partial charge in [0.2, 0.25) is 11.9 Å². The number of anilines is 1. The maximum atomic E-state index is 12.5. The van der Waals surface area contributed by atoms with E-state index in [0.29, 0.717) is 23.6 Å². The number of rotatable bonds is 5. The van der Waals surface area contributed by atoms with Crippen LogP contribution in [0.4, 0.5) is 5.95 Å². The zero-order chi connectivity index (χ0) is 19.1. The van der Waals surface area contributed by atoms with Crippen molar-refractivity contribution in [2.24, 2.45) is 0 Å². The Kier molecular flexibility index (Phi) is 4.11. The van der Waals surface area contributed by atoms with Crippen LogP contribution < -0.4 is 16.0 Å². The van der Waals surface area contributed by atoms with E-state index in [2.05, 4.69) is 20.2 Å². The smallest absolute Gasteiger partial charge is 0.408 e. The Labute approximate surface area is 161 Å². The van der Waals surface area contributed by atoms with Crippen molar-refractivity contribution < 1.29 is 9.21 Å². The number of nitrogens with one attached hydrogen (secondary N) is 1. The number of aromatic nitrogens is 3. The molecule has 5 rings (SSSR count). The molecule has 28 heavy (non-hydrogen) atoms. The minimum Gasteiger partial charge on any atom is -0.408 e. The van der Waals surface area contributed by atoms with Gasteiger partial charge in [-0.3, -0.25) is 9.36 Å². The van der Waals surface area contributed by atoms with E-state index in [1.165, 1.54) is 17.4 Å². The third kappa shape index (κ3) is 3.26. The minimum atomic E-state index is -0.519. The second-order valence-electron chi connectivity index (χ2n) is 7.48. The summed E-state index contributed by atoms with van der Waals surface area (Å²) in [4.78, 5) is 35.7. The van der Waals surface area contributed by atoms with E-state index in [4.69, 9.17) is 4.42 Å². The molecule has 2 aromatic heterocycles. The summed E-state index contributed by atoms with van der Waals surface area (Å²) in [5.74, 6) is 0.601. The van der Waals surface area contributed by atoms with Gasteiger partial charge >= 0.3 is 5.76 Å². The predicted octanol–water partition coefficient (Wildman–Crippen LogP) is 1.66. The molecule has 1 aliphatic carbocycles.